The molecule has 0 fully saturated rings. The molecule has 0 aliphatic heterocycles. The molecule has 112 valence electrons. The molecule has 2 aromatic carbocycles. The van der Waals surface area contributed by atoms with Crippen LogP contribution < -0.4 is 5.32 Å². The average molecular weight is 305 g/mol. The zero-order valence-electron chi connectivity index (χ0n) is 10.4. The summed E-state index contributed by atoms with van der Waals surface area (Å²) in [7, 11) is 0. The third-order valence-electron chi connectivity index (χ3n) is 2.70. The van der Waals surface area contributed by atoms with E-state index < -0.39 is 29.2 Å². The van der Waals surface area contributed by atoms with Crippen LogP contribution in [-0.4, -0.2) is 0 Å². The fraction of sp³-hybridized carbons (Fsp3) is 0.143. The Labute approximate surface area is 116 Å². The molecule has 0 spiro atoms. The molecule has 0 radical (unpaired) electrons. The molecule has 2 rings (SSSR count). The van der Waals surface area contributed by atoms with Crippen molar-refractivity contribution in [3.63, 3.8) is 0 Å². The van der Waals surface area contributed by atoms with E-state index in [2.05, 4.69) is 5.32 Å². The Morgan fingerprint density at radius 1 is 0.857 bits per heavy atom. The highest BCUT2D eigenvalue weighted by Crippen LogP contribution is 2.30. The van der Waals surface area contributed by atoms with E-state index >= 15 is 0 Å². The Balaban J connectivity index is 2.16. The minimum Gasteiger partial charge on any atom is -0.381 e. The van der Waals surface area contributed by atoms with Gasteiger partial charge in [0, 0.05) is 18.3 Å². The van der Waals surface area contributed by atoms with Crippen LogP contribution in [0.4, 0.5) is 32.0 Å². The molecule has 0 aromatic heterocycles. The molecule has 21 heavy (non-hydrogen) atoms. The first-order chi connectivity index (χ1) is 9.75. The second kappa shape index (κ2) is 5.67. The van der Waals surface area contributed by atoms with E-state index in [-0.39, 0.29) is 17.8 Å². The van der Waals surface area contributed by atoms with Gasteiger partial charge in [0.05, 0.1) is 5.56 Å². The fourth-order valence-corrected chi connectivity index (χ4v) is 1.73. The summed E-state index contributed by atoms with van der Waals surface area (Å²) >= 11 is 0. The van der Waals surface area contributed by atoms with Gasteiger partial charge in [0.1, 0.15) is 5.82 Å². The van der Waals surface area contributed by atoms with Gasteiger partial charge in [0.2, 0.25) is 0 Å². The molecule has 0 aliphatic carbocycles. The Kier molecular flexibility index (Phi) is 4.11. The molecule has 0 aliphatic rings. The monoisotopic (exact) mass is 305 g/mol. The maximum Gasteiger partial charge on any atom is 0.416 e. The molecule has 0 atom stereocenters. The summed E-state index contributed by atoms with van der Waals surface area (Å²) in [6, 6.07) is 5.07. The normalized spacial score (nSPS) is 11.5. The SMILES string of the molecule is Fc1cc(CNc2ccc(F)c(F)c2)cc(C(F)(F)F)c1. The first-order valence-electron chi connectivity index (χ1n) is 5.81. The molecule has 0 heterocycles. The van der Waals surface area contributed by atoms with Gasteiger partial charge >= 0.3 is 6.18 Å². The summed E-state index contributed by atoms with van der Waals surface area (Å²) in [5, 5.41) is 2.59. The van der Waals surface area contributed by atoms with Crippen LogP contribution in [0.2, 0.25) is 0 Å². The molecule has 0 bridgehead atoms. The minimum absolute atomic E-state index is 0.0343. The standard InChI is InChI=1S/C14H9F6N/c15-10-4-8(3-9(5-10)14(18,19)20)7-21-11-1-2-12(16)13(17)6-11/h1-6,21H,7H2. The maximum absolute atomic E-state index is 13.2. The lowest BCUT2D eigenvalue weighted by atomic mass is 10.1. The van der Waals surface area contributed by atoms with Crippen LogP contribution in [0.5, 0.6) is 0 Å². The summed E-state index contributed by atoms with van der Waals surface area (Å²) in [5.74, 6) is -3.15. The van der Waals surface area contributed by atoms with Gasteiger partial charge in [0.25, 0.3) is 0 Å². The highest BCUT2D eigenvalue weighted by Gasteiger charge is 2.31. The number of rotatable bonds is 3. The highest BCUT2D eigenvalue weighted by atomic mass is 19.4. The number of halogens is 6. The largest absolute Gasteiger partial charge is 0.416 e. The molecule has 0 saturated heterocycles. The van der Waals surface area contributed by atoms with Crippen molar-refractivity contribution in [1.82, 2.24) is 0 Å². The van der Waals surface area contributed by atoms with E-state index in [1.54, 1.807) is 0 Å². The van der Waals surface area contributed by atoms with Crippen molar-refractivity contribution < 1.29 is 26.3 Å². The summed E-state index contributed by atoms with van der Waals surface area (Å²) < 4.78 is 76.4. The zero-order valence-corrected chi connectivity index (χ0v) is 10.4. The Morgan fingerprint density at radius 2 is 1.57 bits per heavy atom. The van der Waals surface area contributed by atoms with Gasteiger partial charge in [-0.3, -0.25) is 0 Å². The lowest BCUT2D eigenvalue weighted by molar-refractivity contribution is -0.137. The Morgan fingerprint density at radius 3 is 2.19 bits per heavy atom. The molecular weight excluding hydrogens is 296 g/mol. The van der Waals surface area contributed by atoms with E-state index in [1.165, 1.54) is 6.07 Å². The fourth-order valence-electron chi connectivity index (χ4n) is 1.73. The van der Waals surface area contributed by atoms with Gasteiger partial charge in [-0.1, -0.05) is 0 Å². The van der Waals surface area contributed by atoms with Crippen LogP contribution in [0.25, 0.3) is 0 Å². The van der Waals surface area contributed by atoms with E-state index in [0.29, 0.717) is 6.07 Å². The molecule has 0 unspecified atom stereocenters. The third-order valence-corrected chi connectivity index (χ3v) is 2.70. The van der Waals surface area contributed by atoms with Gasteiger partial charge in [-0.2, -0.15) is 13.2 Å². The lowest BCUT2D eigenvalue weighted by Gasteiger charge is -2.11. The number of hydrogen-bond donors (Lipinski definition) is 1. The summed E-state index contributed by atoms with van der Waals surface area (Å²) in [6.07, 6.45) is -4.65. The van der Waals surface area contributed by atoms with Crippen molar-refractivity contribution in [2.24, 2.45) is 0 Å². The smallest absolute Gasteiger partial charge is 0.381 e. The zero-order chi connectivity index (χ0) is 15.6. The van der Waals surface area contributed by atoms with Crippen LogP contribution in [0.1, 0.15) is 11.1 Å². The van der Waals surface area contributed by atoms with Crippen molar-refractivity contribution >= 4 is 5.69 Å². The van der Waals surface area contributed by atoms with Crippen molar-refractivity contribution in [2.75, 3.05) is 5.32 Å². The molecule has 7 heteroatoms. The predicted octanol–water partition coefficient (Wildman–Crippen LogP) is 4.73. The number of anilines is 1. The molecule has 2 aromatic rings. The quantitative estimate of drug-likeness (QED) is 0.808. The molecule has 1 N–H and O–H groups in total. The topological polar surface area (TPSA) is 12.0 Å². The predicted molar refractivity (Wildman–Crippen MR) is 65.1 cm³/mol. The van der Waals surface area contributed by atoms with Gasteiger partial charge in [0.15, 0.2) is 11.6 Å². The number of alkyl halides is 3. The summed E-state index contributed by atoms with van der Waals surface area (Å²) in [5.41, 5.74) is -0.900. The Hall–Kier alpha value is -2.18. The first kappa shape index (κ1) is 15.2. The second-order valence-corrected chi connectivity index (χ2v) is 4.33. The third kappa shape index (κ3) is 3.90. The number of hydrogen-bond acceptors (Lipinski definition) is 1. The molecule has 0 saturated carbocycles. The van der Waals surface area contributed by atoms with Crippen molar-refractivity contribution in [1.29, 1.82) is 0 Å². The highest BCUT2D eigenvalue weighted by molar-refractivity contribution is 5.44. The number of nitrogens with one attached hydrogen (secondary N) is 1. The van der Waals surface area contributed by atoms with Gasteiger partial charge in [-0.05, 0) is 35.9 Å². The van der Waals surface area contributed by atoms with Gasteiger partial charge < -0.3 is 5.32 Å². The average Bonchev–Trinajstić information content (AvgIpc) is 2.38. The van der Waals surface area contributed by atoms with Crippen molar-refractivity contribution in [3.05, 3.63) is 65.0 Å². The van der Waals surface area contributed by atoms with Crippen LogP contribution >= 0.6 is 0 Å². The molecule has 0 amide bonds. The number of benzene rings is 2. The molecular formula is C14H9F6N. The van der Waals surface area contributed by atoms with Crippen LogP contribution in [0, 0.1) is 17.5 Å². The molecule has 1 nitrogen and oxygen atoms in total. The Bertz CT molecular complexity index is 650. The van der Waals surface area contributed by atoms with E-state index in [9.17, 15) is 26.3 Å². The van der Waals surface area contributed by atoms with Gasteiger partial charge in [-0.15, -0.1) is 0 Å². The van der Waals surface area contributed by atoms with Crippen LogP contribution in [0.15, 0.2) is 36.4 Å². The van der Waals surface area contributed by atoms with E-state index in [0.717, 1.165) is 24.3 Å². The van der Waals surface area contributed by atoms with Crippen LogP contribution in [0.3, 0.4) is 0 Å². The first-order valence-corrected chi connectivity index (χ1v) is 5.81. The summed E-state index contributed by atoms with van der Waals surface area (Å²) in [4.78, 5) is 0. The van der Waals surface area contributed by atoms with Gasteiger partial charge in [-0.25, -0.2) is 13.2 Å². The summed E-state index contributed by atoms with van der Waals surface area (Å²) in [6.45, 7) is -0.161. The van der Waals surface area contributed by atoms with E-state index in [1.807, 2.05) is 0 Å². The lowest BCUT2D eigenvalue weighted by Crippen LogP contribution is -2.08. The van der Waals surface area contributed by atoms with Crippen molar-refractivity contribution in [2.45, 2.75) is 12.7 Å². The van der Waals surface area contributed by atoms with Crippen molar-refractivity contribution in [3.8, 4) is 0 Å². The van der Waals surface area contributed by atoms with Crippen LogP contribution in [-0.2, 0) is 12.7 Å². The van der Waals surface area contributed by atoms with E-state index in [4.69, 9.17) is 0 Å². The second-order valence-electron chi connectivity index (χ2n) is 4.33. The maximum atomic E-state index is 13.2. The minimum atomic E-state index is -4.65.